The molecule has 0 aromatic heterocycles. The van der Waals surface area contributed by atoms with Gasteiger partial charge < -0.3 is 10.6 Å². The van der Waals surface area contributed by atoms with Crippen molar-refractivity contribution in [3.05, 3.63) is 34.9 Å². The molecule has 1 aromatic rings. The van der Waals surface area contributed by atoms with E-state index < -0.39 is 0 Å². The molecule has 1 aromatic carbocycles. The largest absolute Gasteiger partial charge is 0.352 e. The fourth-order valence-electron chi connectivity index (χ4n) is 2.39. The highest BCUT2D eigenvalue weighted by molar-refractivity contribution is 5.97. The normalized spacial score (nSPS) is 19.3. The summed E-state index contributed by atoms with van der Waals surface area (Å²) in [5.74, 6) is 0.649. The van der Waals surface area contributed by atoms with E-state index in [1.807, 2.05) is 32.0 Å². The van der Waals surface area contributed by atoms with Gasteiger partial charge in [0.15, 0.2) is 0 Å². The molecule has 2 N–H and O–H groups in total. The summed E-state index contributed by atoms with van der Waals surface area (Å²) in [6, 6.07) is 5.96. The second kappa shape index (κ2) is 5.32. The second-order valence-electron chi connectivity index (χ2n) is 4.84. The van der Waals surface area contributed by atoms with Crippen molar-refractivity contribution >= 4 is 5.91 Å². The van der Waals surface area contributed by atoms with Gasteiger partial charge in [0.05, 0.1) is 0 Å². The summed E-state index contributed by atoms with van der Waals surface area (Å²) < 4.78 is 0. The smallest absolute Gasteiger partial charge is 0.251 e. The lowest BCUT2D eigenvalue weighted by Gasteiger charge is -2.13. The van der Waals surface area contributed by atoms with Crippen molar-refractivity contribution in [3.8, 4) is 0 Å². The van der Waals surface area contributed by atoms with Crippen LogP contribution in [0.1, 0.15) is 27.9 Å². The Bertz CT molecular complexity index is 388. The first-order valence-electron chi connectivity index (χ1n) is 6.23. The number of carbonyl (C=O) groups excluding carboxylic acids is 1. The molecule has 1 heterocycles. The third-order valence-corrected chi connectivity index (χ3v) is 3.42. The molecule has 17 heavy (non-hydrogen) atoms. The Morgan fingerprint density at radius 2 is 2.12 bits per heavy atom. The maximum absolute atomic E-state index is 12.1. The number of nitrogens with one attached hydrogen (secondary N) is 2. The summed E-state index contributed by atoms with van der Waals surface area (Å²) in [7, 11) is 0. The Labute approximate surface area is 103 Å². The average Bonchev–Trinajstić information content (AvgIpc) is 2.79. The van der Waals surface area contributed by atoms with Gasteiger partial charge in [0, 0.05) is 12.1 Å². The number of hydrogen-bond acceptors (Lipinski definition) is 2. The molecule has 0 bridgehead atoms. The van der Waals surface area contributed by atoms with Gasteiger partial charge in [-0.3, -0.25) is 4.79 Å². The highest BCUT2D eigenvalue weighted by Crippen LogP contribution is 2.13. The van der Waals surface area contributed by atoms with Crippen LogP contribution in [-0.2, 0) is 0 Å². The summed E-state index contributed by atoms with van der Waals surface area (Å²) in [4.78, 5) is 12.1. The Hall–Kier alpha value is -1.35. The zero-order valence-electron chi connectivity index (χ0n) is 10.5. The minimum atomic E-state index is 0.0625. The average molecular weight is 232 g/mol. The van der Waals surface area contributed by atoms with E-state index in [1.165, 1.54) is 0 Å². The zero-order valence-corrected chi connectivity index (χ0v) is 10.5. The van der Waals surface area contributed by atoms with Gasteiger partial charge in [0.25, 0.3) is 5.91 Å². The summed E-state index contributed by atoms with van der Waals surface area (Å²) in [6.07, 6.45) is 1.16. The van der Waals surface area contributed by atoms with E-state index in [0.717, 1.165) is 42.7 Å². The van der Waals surface area contributed by atoms with Crippen molar-refractivity contribution in [2.24, 2.45) is 5.92 Å². The Morgan fingerprint density at radius 3 is 2.71 bits per heavy atom. The lowest BCUT2D eigenvalue weighted by atomic mass is 10.0. The van der Waals surface area contributed by atoms with Gasteiger partial charge in [-0.1, -0.05) is 18.2 Å². The van der Waals surface area contributed by atoms with Crippen LogP contribution < -0.4 is 10.6 Å². The number of benzene rings is 1. The lowest BCUT2D eigenvalue weighted by molar-refractivity contribution is 0.0947. The Morgan fingerprint density at radius 1 is 1.41 bits per heavy atom. The third kappa shape index (κ3) is 2.86. The monoisotopic (exact) mass is 232 g/mol. The second-order valence-corrected chi connectivity index (χ2v) is 4.84. The van der Waals surface area contributed by atoms with Gasteiger partial charge >= 0.3 is 0 Å². The van der Waals surface area contributed by atoms with Crippen LogP contribution in [0.5, 0.6) is 0 Å². The predicted octanol–water partition coefficient (Wildman–Crippen LogP) is 1.64. The highest BCUT2D eigenvalue weighted by atomic mass is 16.1. The first kappa shape index (κ1) is 12.1. The molecule has 3 heteroatoms. The minimum Gasteiger partial charge on any atom is -0.352 e. The maximum atomic E-state index is 12.1. The van der Waals surface area contributed by atoms with E-state index >= 15 is 0 Å². The van der Waals surface area contributed by atoms with Gasteiger partial charge in [0.1, 0.15) is 0 Å². The summed E-state index contributed by atoms with van der Waals surface area (Å²) in [5, 5.41) is 6.35. The van der Waals surface area contributed by atoms with E-state index in [4.69, 9.17) is 0 Å². The standard InChI is InChI=1S/C14H20N2O/c1-10-4-3-5-11(2)13(10)14(17)16-9-12-6-7-15-8-12/h3-5,12,15H,6-9H2,1-2H3,(H,16,17). The fraction of sp³-hybridized carbons (Fsp3) is 0.500. The van der Waals surface area contributed by atoms with Crippen LogP contribution in [-0.4, -0.2) is 25.5 Å². The predicted molar refractivity (Wildman–Crippen MR) is 69.2 cm³/mol. The van der Waals surface area contributed by atoms with Gasteiger partial charge in [-0.2, -0.15) is 0 Å². The molecule has 1 aliphatic heterocycles. The molecule has 1 unspecified atom stereocenters. The van der Waals surface area contributed by atoms with Gasteiger partial charge in [-0.25, -0.2) is 0 Å². The molecule has 1 fully saturated rings. The highest BCUT2D eigenvalue weighted by Gasteiger charge is 2.17. The summed E-state index contributed by atoms with van der Waals surface area (Å²) >= 11 is 0. The maximum Gasteiger partial charge on any atom is 0.251 e. The molecule has 3 nitrogen and oxygen atoms in total. The molecule has 0 spiro atoms. The SMILES string of the molecule is Cc1cccc(C)c1C(=O)NCC1CCNC1. The van der Waals surface area contributed by atoms with Crippen LogP contribution in [0.2, 0.25) is 0 Å². The first-order chi connectivity index (χ1) is 8.18. The Kier molecular flexibility index (Phi) is 3.79. The van der Waals surface area contributed by atoms with Crippen molar-refractivity contribution < 1.29 is 4.79 Å². The van der Waals surface area contributed by atoms with E-state index in [9.17, 15) is 4.79 Å². The van der Waals surface area contributed by atoms with Crippen LogP contribution in [0, 0.1) is 19.8 Å². The zero-order chi connectivity index (χ0) is 12.3. The number of amides is 1. The summed E-state index contributed by atoms with van der Waals surface area (Å²) in [6.45, 7) is 6.84. The topological polar surface area (TPSA) is 41.1 Å². The molecular formula is C14H20N2O. The molecule has 0 saturated carbocycles. The first-order valence-corrected chi connectivity index (χ1v) is 6.23. The van der Waals surface area contributed by atoms with Crippen molar-refractivity contribution in [2.45, 2.75) is 20.3 Å². The molecule has 2 rings (SSSR count). The molecule has 1 amide bonds. The molecular weight excluding hydrogens is 212 g/mol. The molecule has 0 aliphatic carbocycles. The van der Waals surface area contributed by atoms with E-state index in [0.29, 0.717) is 5.92 Å². The quantitative estimate of drug-likeness (QED) is 0.832. The van der Waals surface area contributed by atoms with Crippen molar-refractivity contribution in [3.63, 3.8) is 0 Å². The molecule has 1 aliphatic rings. The fourth-order valence-corrected chi connectivity index (χ4v) is 2.39. The van der Waals surface area contributed by atoms with Crippen molar-refractivity contribution in [2.75, 3.05) is 19.6 Å². The van der Waals surface area contributed by atoms with E-state index in [1.54, 1.807) is 0 Å². The van der Waals surface area contributed by atoms with Crippen LogP contribution in [0.3, 0.4) is 0 Å². The van der Waals surface area contributed by atoms with Gasteiger partial charge in [0.2, 0.25) is 0 Å². The van der Waals surface area contributed by atoms with Gasteiger partial charge in [-0.15, -0.1) is 0 Å². The van der Waals surface area contributed by atoms with E-state index in [2.05, 4.69) is 10.6 Å². The van der Waals surface area contributed by atoms with Crippen LogP contribution >= 0.6 is 0 Å². The number of carbonyl (C=O) groups is 1. The summed E-state index contributed by atoms with van der Waals surface area (Å²) in [5.41, 5.74) is 2.93. The lowest BCUT2D eigenvalue weighted by Crippen LogP contribution is -2.31. The van der Waals surface area contributed by atoms with Crippen LogP contribution in [0.4, 0.5) is 0 Å². The van der Waals surface area contributed by atoms with Crippen molar-refractivity contribution in [1.29, 1.82) is 0 Å². The van der Waals surface area contributed by atoms with Crippen LogP contribution in [0.15, 0.2) is 18.2 Å². The molecule has 1 atom stereocenters. The molecule has 0 radical (unpaired) electrons. The number of aryl methyl sites for hydroxylation is 2. The van der Waals surface area contributed by atoms with Crippen molar-refractivity contribution in [1.82, 2.24) is 10.6 Å². The Balaban J connectivity index is 1.99. The minimum absolute atomic E-state index is 0.0625. The van der Waals surface area contributed by atoms with Gasteiger partial charge in [-0.05, 0) is 50.4 Å². The molecule has 92 valence electrons. The number of rotatable bonds is 3. The van der Waals surface area contributed by atoms with E-state index in [-0.39, 0.29) is 5.91 Å². The molecule has 1 saturated heterocycles. The van der Waals surface area contributed by atoms with Crippen LogP contribution in [0.25, 0.3) is 0 Å². The number of hydrogen-bond donors (Lipinski definition) is 2. The third-order valence-electron chi connectivity index (χ3n) is 3.42.